The van der Waals surface area contributed by atoms with Gasteiger partial charge in [-0.1, -0.05) is 11.6 Å². The van der Waals surface area contributed by atoms with Crippen molar-refractivity contribution in [3.8, 4) is 0 Å². The third-order valence-corrected chi connectivity index (χ3v) is 1.99. The van der Waals surface area contributed by atoms with E-state index in [9.17, 15) is 4.79 Å². The van der Waals surface area contributed by atoms with Crippen LogP contribution in [0.5, 0.6) is 0 Å². The molecule has 1 unspecified atom stereocenters. The van der Waals surface area contributed by atoms with Gasteiger partial charge in [-0.2, -0.15) is 0 Å². The quantitative estimate of drug-likeness (QED) is 0.487. The van der Waals surface area contributed by atoms with Crippen molar-refractivity contribution in [2.45, 2.75) is 32.7 Å². The van der Waals surface area contributed by atoms with E-state index in [0.29, 0.717) is 19.6 Å². The zero-order valence-electron chi connectivity index (χ0n) is 9.88. The van der Waals surface area contributed by atoms with Crippen molar-refractivity contribution in [2.24, 2.45) is 5.73 Å². The Kier molecular flexibility index (Phi) is 7.95. The summed E-state index contributed by atoms with van der Waals surface area (Å²) in [7, 11) is 1.64. The summed E-state index contributed by atoms with van der Waals surface area (Å²) in [4.78, 5) is 11.4. The molecule has 1 atom stereocenters. The number of hydrogen-bond donors (Lipinski definition) is 2. The summed E-state index contributed by atoms with van der Waals surface area (Å²) in [6.07, 6.45) is 3.43. The average Bonchev–Trinajstić information content (AvgIpc) is 2.17. The predicted octanol–water partition coefficient (Wildman–Crippen LogP) is 0.823. The maximum Gasteiger partial charge on any atom is 0.237 e. The van der Waals surface area contributed by atoms with Crippen LogP contribution >= 0.6 is 0 Å². The van der Waals surface area contributed by atoms with E-state index in [-0.39, 0.29) is 5.91 Å². The lowest BCUT2D eigenvalue weighted by Crippen LogP contribution is -2.40. The lowest BCUT2D eigenvalue weighted by Gasteiger charge is -2.10. The topological polar surface area (TPSA) is 64.3 Å². The third-order valence-electron chi connectivity index (χ3n) is 1.99. The highest BCUT2D eigenvalue weighted by Crippen LogP contribution is 1.95. The van der Waals surface area contributed by atoms with Crippen LogP contribution < -0.4 is 11.1 Å². The standard InChI is InChI=1S/C11H22N2O2/c1-9(2)6-7-13-11(14)10(12)5-4-8-15-3/h6,10H,4-5,7-8,12H2,1-3H3,(H,13,14). The molecule has 4 nitrogen and oxygen atoms in total. The van der Waals surface area contributed by atoms with Gasteiger partial charge in [0.25, 0.3) is 0 Å². The zero-order valence-corrected chi connectivity index (χ0v) is 9.88. The van der Waals surface area contributed by atoms with E-state index in [4.69, 9.17) is 10.5 Å². The molecule has 0 aliphatic heterocycles. The molecule has 0 saturated heterocycles. The zero-order chi connectivity index (χ0) is 11.7. The molecule has 88 valence electrons. The van der Waals surface area contributed by atoms with Crippen molar-refractivity contribution in [1.29, 1.82) is 0 Å². The normalized spacial score (nSPS) is 12.0. The first-order chi connectivity index (χ1) is 7.07. The van der Waals surface area contributed by atoms with Gasteiger partial charge in [0, 0.05) is 20.3 Å². The van der Waals surface area contributed by atoms with Crippen LogP contribution in [0.25, 0.3) is 0 Å². The van der Waals surface area contributed by atoms with Crippen molar-refractivity contribution < 1.29 is 9.53 Å². The summed E-state index contributed by atoms with van der Waals surface area (Å²) in [5.41, 5.74) is 6.87. The summed E-state index contributed by atoms with van der Waals surface area (Å²) in [6, 6.07) is -0.425. The maximum atomic E-state index is 11.4. The lowest BCUT2D eigenvalue weighted by atomic mass is 10.1. The largest absolute Gasteiger partial charge is 0.385 e. The number of rotatable bonds is 7. The van der Waals surface area contributed by atoms with Gasteiger partial charge < -0.3 is 15.8 Å². The van der Waals surface area contributed by atoms with Gasteiger partial charge in [0.15, 0.2) is 0 Å². The van der Waals surface area contributed by atoms with Crippen LogP contribution in [0.1, 0.15) is 26.7 Å². The predicted molar refractivity (Wildman–Crippen MR) is 61.5 cm³/mol. The van der Waals surface area contributed by atoms with Crippen molar-refractivity contribution >= 4 is 5.91 Å². The molecule has 0 rings (SSSR count). The Morgan fingerprint density at radius 2 is 2.20 bits per heavy atom. The summed E-state index contributed by atoms with van der Waals surface area (Å²) in [6.45, 7) is 5.18. The number of methoxy groups -OCH3 is 1. The van der Waals surface area contributed by atoms with Crippen molar-refractivity contribution in [2.75, 3.05) is 20.3 Å². The molecule has 3 N–H and O–H groups in total. The molecule has 0 spiro atoms. The Balaban J connectivity index is 3.65. The first kappa shape index (κ1) is 14.1. The van der Waals surface area contributed by atoms with E-state index in [1.807, 2.05) is 19.9 Å². The fourth-order valence-electron chi connectivity index (χ4n) is 1.07. The van der Waals surface area contributed by atoms with Crippen LogP contribution in [0, 0.1) is 0 Å². The van der Waals surface area contributed by atoms with Gasteiger partial charge in [-0.15, -0.1) is 0 Å². The number of allylic oxidation sites excluding steroid dienone is 1. The van der Waals surface area contributed by atoms with E-state index in [1.165, 1.54) is 5.57 Å². The molecule has 1 amide bonds. The fourth-order valence-corrected chi connectivity index (χ4v) is 1.07. The highest BCUT2D eigenvalue weighted by atomic mass is 16.5. The minimum absolute atomic E-state index is 0.0939. The molecule has 0 heterocycles. The molecule has 0 aliphatic carbocycles. The van der Waals surface area contributed by atoms with Crippen molar-refractivity contribution in [3.63, 3.8) is 0 Å². The first-order valence-corrected chi connectivity index (χ1v) is 5.23. The highest BCUT2D eigenvalue weighted by Gasteiger charge is 2.11. The van der Waals surface area contributed by atoms with E-state index >= 15 is 0 Å². The molecular formula is C11H22N2O2. The number of ether oxygens (including phenoxy) is 1. The summed E-state index contributed by atoms with van der Waals surface area (Å²) in [5, 5.41) is 2.76. The number of hydrogen-bond acceptors (Lipinski definition) is 3. The summed E-state index contributed by atoms with van der Waals surface area (Å²) < 4.78 is 4.89. The second-order valence-corrected chi connectivity index (χ2v) is 3.77. The molecule has 0 aromatic heterocycles. The van der Waals surface area contributed by atoms with Gasteiger partial charge >= 0.3 is 0 Å². The molecule has 0 aromatic carbocycles. The molecule has 15 heavy (non-hydrogen) atoms. The molecular weight excluding hydrogens is 192 g/mol. The molecule has 0 saturated carbocycles. The monoisotopic (exact) mass is 214 g/mol. The Bertz CT molecular complexity index is 211. The van der Waals surface area contributed by atoms with Gasteiger partial charge in [-0.25, -0.2) is 0 Å². The summed E-state index contributed by atoms with van der Waals surface area (Å²) in [5.74, 6) is -0.0939. The van der Waals surface area contributed by atoms with E-state index in [2.05, 4.69) is 5.32 Å². The van der Waals surface area contributed by atoms with Crippen LogP contribution in [0.3, 0.4) is 0 Å². The van der Waals surface area contributed by atoms with Gasteiger partial charge in [-0.05, 0) is 26.7 Å². The highest BCUT2D eigenvalue weighted by molar-refractivity contribution is 5.81. The Morgan fingerprint density at radius 1 is 1.53 bits per heavy atom. The molecule has 4 heteroatoms. The Hall–Kier alpha value is -0.870. The van der Waals surface area contributed by atoms with E-state index < -0.39 is 6.04 Å². The molecule has 0 bridgehead atoms. The van der Waals surface area contributed by atoms with Crippen LogP contribution in [-0.2, 0) is 9.53 Å². The van der Waals surface area contributed by atoms with Gasteiger partial charge in [-0.3, -0.25) is 4.79 Å². The second-order valence-electron chi connectivity index (χ2n) is 3.77. The Labute approximate surface area is 91.9 Å². The smallest absolute Gasteiger partial charge is 0.237 e. The van der Waals surface area contributed by atoms with Gasteiger partial charge in [0.05, 0.1) is 6.04 Å². The van der Waals surface area contributed by atoms with Crippen LogP contribution in [-0.4, -0.2) is 32.2 Å². The maximum absolute atomic E-state index is 11.4. The fraction of sp³-hybridized carbons (Fsp3) is 0.727. The van der Waals surface area contributed by atoms with Crippen LogP contribution in [0.2, 0.25) is 0 Å². The summed E-state index contributed by atoms with van der Waals surface area (Å²) >= 11 is 0. The van der Waals surface area contributed by atoms with Crippen LogP contribution in [0.4, 0.5) is 0 Å². The van der Waals surface area contributed by atoms with Crippen molar-refractivity contribution in [3.05, 3.63) is 11.6 Å². The average molecular weight is 214 g/mol. The lowest BCUT2D eigenvalue weighted by molar-refractivity contribution is -0.122. The minimum Gasteiger partial charge on any atom is -0.385 e. The minimum atomic E-state index is -0.425. The molecule has 0 aliphatic rings. The van der Waals surface area contributed by atoms with E-state index in [0.717, 1.165) is 6.42 Å². The van der Waals surface area contributed by atoms with Crippen molar-refractivity contribution in [1.82, 2.24) is 5.32 Å². The second kappa shape index (κ2) is 8.44. The number of nitrogens with two attached hydrogens (primary N) is 1. The SMILES string of the molecule is COCCCC(N)C(=O)NCC=C(C)C. The Morgan fingerprint density at radius 3 is 2.73 bits per heavy atom. The van der Waals surface area contributed by atoms with E-state index in [1.54, 1.807) is 7.11 Å². The number of nitrogens with one attached hydrogen (secondary N) is 1. The molecule has 0 radical (unpaired) electrons. The molecule has 0 fully saturated rings. The molecule has 0 aromatic rings. The van der Waals surface area contributed by atoms with Gasteiger partial charge in [0.1, 0.15) is 0 Å². The first-order valence-electron chi connectivity index (χ1n) is 5.23. The third kappa shape index (κ3) is 8.15. The number of amides is 1. The number of carbonyl (C=O) groups excluding carboxylic acids is 1. The number of carbonyl (C=O) groups is 1. The van der Waals surface area contributed by atoms with Gasteiger partial charge in [0.2, 0.25) is 5.91 Å². The van der Waals surface area contributed by atoms with Crippen LogP contribution in [0.15, 0.2) is 11.6 Å².